The first-order valence-electron chi connectivity index (χ1n) is 10.3. The van der Waals surface area contributed by atoms with Crippen molar-refractivity contribution in [3.8, 4) is 5.75 Å². The van der Waals surface area contributed by atoms with Crippen molar-refractivity contribution in [2.24, 2.45) is 5.92 Å². The Morgan fingerprint density at radius 3 is 2.70 bits per heavy atom. The van der Waals surface area contributed by atoms with E-state index in [1.54, 1.807) is 7.11 Å². The van der Waals surface area contributed by atoms with Gasteiger partial charge in [0.15, 0.2) is 5.69 Å². The van der Waals surface area contributed by atoms with Crippen molar-refractivity contribution in [1.29, 1.82) is 0 Å². The maximum absolute atomic E-state index is 12.4. The van der Waals surface area contributed by atoms with Crippen LogP contribution in [0.5, 0.6) is 5.75 Å². The molecule has 4 rings (SSSR count). The monoisotopic (exact) mass is 405 g/mol. The third-order valence-corrected chi connectivity index (χ3v) is 5.19. The molecule has 1 N–H and O–H groups in total. The van der Waals surface area contributed by atoms with Crippen LogP contribution >= 0.6 is 0 Å². The second-order valence-electron chi connectivity index (χ2n) is 7.76. The van der Waals surface area contributed by atoms with Gasteiger partial charge in [-0.25, -0.2) is 4.98 Å². The molecule has 0 aliphatic heterocycles. The number of carbonyl (C=O) groups is 1. The summed E-state index contributed by atoms with van der Waals surface area (Å²) in [6.45, 7) is 2.81. The third kappa shape index (κ3) is 5.70. The van der Waals surface area contributed by atoms with Crippen molar-refractivity contribution in [2.45, 2.75) is 32.5 Å². The van der Waals surface area contributed by atoms with Gasteiger partial charge in [0.25, 0.3) is 5.91 Å². The Kier molecular flexibility index (Phi) is 6.44. The molecule has 0 saturated heterocycles. The molecule has 2 aromatic carbocycles. The number of methoxy groups -OCH3 is 1. The lowest BCUT2D eigenvalue weighted by Crippen LogP contribution is -2.26. The molecule has 0 unspecified atom stereocenters. The molecule has 6 heteroatoms. The summed E-state index contributed by atoms with van der Waals surface area (Å²) in [7, 11) is 1.68. The first-order chi connectivity index (χ1) is 14.7. The predicted molar refractivity (Wildman–Crippen MR) is 114 cm³/mol. The lowest BCUT2D eigenvalue weighted by Gasteiger charge is -2.21. The highest BCUT2D eigenvalue weighted by Crippen LogP contribution is 2.31. The minimum absolute atomic E-state index is 0.226. The van der Waals surface area contributed by atoms with Crippen molar-refractivity contribution in [1.82, 2.24) is 15.2 Å². The molecule has 30 heavy (non-hydrogen) atoms. The van der Waals surface area contributed by atoms with Gasteiger partial charge in [-0.3, -0.25) is 9.69 Å². The summed E-state index contributed by atoms with van der Waals surface area (Å²) in [5.41, 5.74) is 2.54. The summed E-state index contributed by atoms with van der Waals surface area (Å²) in [5, 5.41) is 2.89. The van der Waals surface area contributed by atoms with Crippen LogP contribution < -0.4 is 10.1 Å². The first kappa shape index (κ1) is 20.2. The number of nitrogens with one attached hydrogen (secondary N) is 1. The number of rotatable bonds is 10. The summed E-state index contributed by atoms with van der Waals surface area (Å²) < 4.78 is 11.0. The molecule has 0 radical (unpaired) electrons. The number of oxazole rings is 1. The van der Waals surface area contributed by atoms with Crippen LogP contribution in [0.1, 0.15) is 40.3 Å². The molecule has 6 nitrogen and oxygen atoms in total. The number of benzene rings is 2. The van der Waals surface area contributed by atoms with E-state index in [-0.39, 0.29) is 5.91 Å². The van der Waals surface area contributed by atoms with Gasteiger partial charge in [-0.2, -0.15) is 0 Å². The van der Waals surface area contributed by atoms with Gasteiger partial charge in [-0.15, -0.1) is 0 Å². The Labute approximate surface area is 176 Å². The van der Waals surface area contributed by atoms with Crippen LogP contribution in [-0.4, -0.2) is 29.4 Å². The Bertz CT molecular complexity index is 967. The molecule has 156 valence electrons. The molecule has 1 aliphatic rings. The highest BCUT2D eigenvalue weighted by Gasteiger charge is 2.25. The van der Waals surface area contributed by atoms with Crippen molar-refractivity contribution >= 4 is 5.91 Å². The predicted octanol–water partition coefficient (Wildman–Crippen LogP) is 4.03. The maximum atomic E-state index is 12.4. The Morgan fingerprint density at radius 1 is 1.13 bits per heavy atom. The fourth-order valence-electron chi connectivity index (χ4n) is 3.43. The summed E-state index contributed by atoms with van der Waals surface area (Å²) >= 11 is 0. The van der Waals surface area contributed by atoms with E-state index < -0.39 is 0 Å². The van der Waals surface area contributed by atoms with E-state index in [1.807, 2.05) is 42.5 Å². The van der Waals surface area contributed by atoms with Gasteiger partial charge in [0.1, 0.15) is 12.0 Å². The van der Waals surface area contributed by atoms with E-state index in [4.69, 9.17) is 9.15 Å². The smallest absolute Gasteiger partial charge is 0.273 e. The molecular weight excluding hydrogens is 378 g/mol. The van der Waals surface area contributed by atoms with Crippen molar-refractivity contribution < 1.29 is 13.9 Å². The summed E-state index contributed by atoms with van der Waals surface area (Å²) in [4.78, 5) is 19.1. The molecule has 3 aromatic rings. The first-order valence-corrected chi connectivity index (χ1v) is 10.3. The van der Waals surface area contributed by atoms with Gasteiger partial charge in [0.05, 0.1) is 13.7 Å². The quantitative estimate of drug-likeness (QED) is 0.552. The molecule has 1 heterocycles. The van der Waals surface area contributed by atoms with Crippen LogP contribution in [0.25, 0.3) is 0 Å². The van der Waals surface area contributed by atoms with E-state index in [0.717, 1.165) is 30.3 Å². The second kappa shape index (κ2) is 9.59. The second-order valence-corrected chi connectivity index (χ2v) is 7.76. The van der Waals surface area contributed by atoms with Crippen LogP contribution in [0, 0.1) is 5.92 Å². The minimum atomic E-state index is -0.226. The number of nitrogens with zero attached hydrogens (tertiary/aromatic N) is 2. The van der Waals surface area contributed by atoms with Gasteiger partial charge in [-0.1, -0.05) is 42.5 Å². The molecule has 0 atom stereocenters. The number of carbonyl (C=O) groups excluding carboxylic acids is 1. The third-order valence-electron chi connectivity index (χ3n) is 5.19. The number of amides is 1. The zero-order valence-corrected chi connectivity index (χ0v) is 17.2. The SMILES string of the molecule is COc1cccc(CN(Cc2nc(C(=O)NCc3ccccc3)co2)CC2CC2)c1. The fourth-order valence-corrected chi connectivity index (χ4v) is 3.43. The average Bonchev–Trinajstić information content (AvgIpc) is 3.47. The van der Waals surface area contributed by atoms with Gasteiger partial charge < -0.3 is 14.5 Å². The van der Waals surface area contributed by atoms with E-state index in [1.165, 1.54) is 24.7 Å². The highest BCUT2D eigenvalue weighted by atomic mass is 16.5. The molecule has 1 aromatic heterocycles. The number of aromatic nitrogens is 1. The van der Waals surface area contributed by atoms with Crippen molar-refractivity contribution in [3.05, 3.63) is 83.6 Å². The highest BCUT2D eigenvalue weighted by molar-refractivity contribution is 5.91. The van der Waals surface area contributed by atoms with Gasteiger partial charge in [-0.05, 0) is 42.0 Å². The van der Waals surface area contributed by atoms with E-state index in [9.17, 15) is 4.79 Å². The van der Waals surface area contributed by atoms with E-state index >= 15 is 0 Å². The molecule has 0 spiro atoms. The van der Waals surface area contributed by atoms with Crippen LogP contribution in [0.15, 0.2) is 65.3 Å². The zero-order valence-electron chi connectivity index (χ0n) is 17.2. The minimum Gasteiger partial charge on any atom is -0.497 e. The van der Waals surface area contributed by atoms with Crippen LogP contribution in [0.2, 0.25) is 0 Å². The lowest BCUT2D eigenvalue weighted by atomic mass is 10.2. The maximum Gasteiger partial charge on any atom is 0.273 e. The fraction of sp³-hybridized carbons (Fsp3) is 0.333. The number of ether oxygens (including phenoxy) is 1. The summed E-state index contributed by atoms with van der Waals surface area (Å²) in [6.07, 6.45) is 3.98. The molecular formula is C24H27N3O3. The van der Waals surface area contributed by atoms with Crippen LogP contribution in [0.3, 0.4) is 0 Å². The molecule has 1 aliphatic carbocycles. The summed E-state index contributed by atoms with van der Waals surface area (Å²) in [6, 6.07) is 17.9. The van der Waals surface area contributed by atoms with Gasteiger partial charge in [0, 0.05) is 19.6 Å². The molecule has 1 saturated carbocycles. The zero-order chi connectivity index (χ0) is 20.8. The normalized spacial score (nSPS) is 13.4. The number of hydrogen-bond donors (Lipinski definition) is 1. The Balaban J connectivity index is 1.37. The topological polar surface area (TPSA) is 67.6 Å². The van der Waals surface area contributed by atoms with Crippen LogP contribution in [-0.2, 0) is 19.6 Å². The van der Waals surface area contributed by atoms with Gasteiger partial charge >= 0.3 is 0 Å². The van der Waals surface area contributed by atoms with E-state index in [0.29, 0.717) is 24.7 Å². The van der Waals surface area contributed by atoms with Gasteiger partial charge in [0.2, 0.25) is 5.89 Å². The van der Waals surface area contributed by atoms with Crippen LogP contribution in [0.4, 0.5) is 0 Å². The van der Waals surface area contributed by atoms with E-state index in [2.05, 4.69) is 27.3 Å². The molecule has 0 bridgehead atoms. The number of hydrogen-bond acceptors (Lipinski definition) is 5. The standard InChI is InChI=1S/C24H27N3O3/c1-29-21-9-5-8-20(12-21)15-27(14-19-10-11-19)16-23-26-22(17-30-23)24(28)25-13-18-6-3-2-4-7-18/h2-9,12,17,19H,10-11,13-16H2,1H3,(H,25,28). The largest absolute Gasteiger partial charge is 0.497 e. The summed E-state index contributed by atoms with van der Waals surface area (Å²) in [5.74, 6) is 1.92. The average molecular weight is 405 g/mol. The lowest BCUT2D eigenvalue weighted by molar-refractivity contribution is 0.0945. The molecule has 1 amide bonds. The Hall–Kier alpha value is -3.12. The van der Waals surface area contributed by atoms with Crippen molar-refractivity contribution in [2.75, 3.05) is 13.7 Å². The Morgan fingerprint density at radius 2 is 1.93 bits per heavy atom. The molecule has 1 fully saturated rings. The van der Waals surface area contributed by atoms with Crippen molar-refractivity contribution in [3.63, 3.8) is 0 Å².